The van der Waals surface area contributed by atoms with Gasteiger partial charge in [-0.25, -0.2) is 9.38 Å². The van der Waals surface area contributed by atoms with Crippen LogP contribution in [0.3, 0.4) is 0 Å². The Morgan fingerprint density at radius 3 is 2.70 bits per heavy atom. The van der Waals surface area contributed by atoms with Gasteiger partial charge in [-0.3, -0.25) is 9.59 Å². The summed E-state index contributed by atoms with van der Waals surface area (Å²) in [6, 6.07) is 7.89. The molecule has 0 spiro atoms. The third-order valence-corrected chi connectivity index (χ3v) is 6.45. The van der Waals surface area contributed by atoms with Crippen LogP contribution in [0.2, 0.25) is 10.0 Å². The second-order valence-corrected chi connectivity index (χ2v) is 8.67. The standard InChI is InChI=1S/C23H24Cl2FN5O2/c1-3-20(33)31-9-8-23(12-31,21-17(26)7-6-16(24)22(21)25)30-14-4-5-15(18(27)10-14)13(2)29-11-19(28)32/h3-7,10,30H,1,8-9,11-12,27H2,2H3,(H2,28,32)/p+1/t23-/m1/s1. The van der Waals surface area contributed by atoms with Crippen LogP contribution in [0.4, 0.5) is 15.8 Å². The van der Waals surface area contributed by atoms with E-state index in [1.165, 1.54) is 18.2 Å². The highest BCUT2D eigenvalue weighted by Gasteiger charge is 2.44. The lowest BCUT2D eigenvalue weighted by Crippen LogP contribution is -2.75. The summed E-state index contributed by atoms with van der Waals surface area (Å²) in [5.41, 5.74) is 13.0. The van der Waals surface area contributed by atoms with Gasteiger partial charge in [0.05, 0.1) is 21.1 Å². The lowest BCUT2D eigenvalue weighted by Gasteiger charge is -2.33. The molecule has 0 saturated carbocycles. The fourth-order valence-electron chi connectivity index (χ4n) is 4.03. The highest BCUT2D eigenvalue weighted by molar-refractivity contribution is 6.42. The number of nitrogens with one attached hydrogen (secondary N) is 2. The average molecular weight is 493 g/mol. The first kappa shape index (κ1) is 24.5. The minimum absolute atomic E-state index is 0.0197. The first-order chi connectivity index (χ1) is 15.6. The third-order valence-electron chi connectivity index (χ3n) is 5.65. The second-order valence-electron chi connectivity index (χ2n) is 7.89. The molecule has 6 N–H and O–H groups in total. The van der Waals surface area contributed by atoms with Crippen molar-refractivity contribution in [1.29, 1.82) is 0 Å². The van der Waals surface area contributed by atoms with Gasteiger partial charge in [-0.15, -0.1) is 0 Å². The number of hydrogen-bond donors (Lipinski definition) is 4. The Morgan fingerprint density at radius 1 is 1.33 bits per heavy atom. The van der Waals surface area contributed by atoms with Crippen LogP contribution >= 0.6 is 23.2 Å². The van der Waals surface area contributed by atoms with Crippen molar-refractivity contribution in [2.24, 2.45) is 5.73 Å². The highest BCUT2D eigenvalue weighted by atomic mass is 35.5. The predicted octanol–water partition coefficient (Wildman–Crippen LogP) is 1.82. The quantitative estimate of drug-likeness (QED) is 0.204. The van der Waals surface area contributed by atoms with Crippen LogP contribution in [0.5, 0.6) is 0 Å². The first-order valence-corrected chi connectivity index (χ1v) is 10.9. The number of amides is 2. The fourth-order valence-corrected chi connectivity index (χ4v) is 4.53. The van der Waals surface area contributed by atoms with Gasteiger partial charge >= 0.3 is 0 Å². The Morgan fingerprint density at radius 2 is 2.06 bits per heavy atom. The lowest BCUT2D eigenvalue weighted by atomic mass is 9.87. The van der Waals surface area contributed by atoms with Crippen molar-refractivity contribution in [2.45, 2.75) is 18.9 Å². The first-order valence-electron chi connectivity index (χ1n) is 10.2. The maximum absolute atomic E-state index is 15.1. The van der Waals surface area contributed by atoms with Crippen molar-refractivity contribution in [1.82, 2.24) is 4.90 Å². The molecule has 2 aromatic carbocycles. The molecule has 10 heteroatoms. The Kier molecular flexibility index (Phi) is 7.29. The second kappa shape index (κ2) is 9.80. The van der Waals surface area contributed by atoms with Crippen LogP contribution in [0.15, 0.2) is 43.0 Å². The summed E-state index contributed by atoms with van der Waals surface area (Å²) in [4.78, 5) is 27.8. The number of nitrogen functional groups attached to an aromatic ring is 1. The number of carbonyl (C=O) groups excluding carboxylic acids is 2. The maximum Gasteiger partial charge on any atom is 0.282 e. The molecule has 2 aromatic rings. The molecule has 1 aliphatic heterocycles. The molecule has 174 valence electrons. The van der Waals surface area contributed by atoms with E-state index < -0.39 is 17.3 Å². The normalized spacial score (nSPS) is 18.3. The molecule has 0 radical (unpaired) electrons. The van der Waals surface area contributed by atoms with Crippen LogP contribution in [-0.4, -0.2) is 42.1 Å². The lowest BCUT2D eigenvalue weighted by molar-refractivity contribution is -0.443. The summed E-state index contributed by atoms with van der Waals surface area (Å²) in [5.74, 6) is -1.29. The number of carbonyl (C=O) groups is 2. The molecular formula is C23H25Cl2FN5O2+. The SMILES string of the molecule is C=CC(=O)N1CC[C@](Nc2ccc(C(C)=[NH+]CC(N)=O)c(N)c2)(c2c(F)ccc(Cl)c2Cl)C1. The fraction of sp³-hybridized carbons (Fsp3) is 0.261. The maximum atomic E-state index is 15.1. The van der Waals surface area contributed by atoms with E-state index >= 15 is 4.39 Å². The van der Waals surface area contributed by atoms with Crippen LogP contribution in [0, 0.1) is 5.82 Å². The van der Waals surface area contributed by atoms with Gasteiger partial charge in [0.2, 0.25) is 12.5 Å². The third kappa shape index (κ3) is 5.12. The molecule has 3 rings (SSSR count). The average Bonchev–Trinajstić information content (AvgIpc) is 3.19. The van der Waals surface area contributed by atoms with E-state index in [1.54, 1.807) is 30.0 Å². The number of nitrogens with two attached hydrogens (primary N) is 2. The molecule has 0 bridgehead atoms. The van der Waals surface area contributed by atoms with Crippen LogP contribution in [0.25, 0.3) is 0 Å². The van der Waals surface area contributed by atoms with Crippen molar-refractivity contribution in [3.63, 3.8) is 0 Å². The Hall–Kier alpha value is -3.10. The molecule has 0 aliphatic carbocycles. The summed E-state index contributed by atoms with van der Waals surface area (Å²) in [6.45, 7) is 5.82. The molecular weight excluding hydrogens is 468 g/mol. The molecule has 0 aromatic heterocycles. The van der Waals surface area contributed by atoms with Crippen LogP contribution in [-0.2, 0) is 15.1 Å². The molecule has 1 heterocycles. The van der Waals surface area contributed by atoms with Crippen molar-refractivity contribution >= 4 is 52.1 Å². The Labute approximate surface area is 201 Å². The molecule has 1 saturated heterocycles. The molecule has 2 amide bonds. The summed E-state index contributed by atoms with van der Waals surface area (Å²) in [7, 11) is 0. The van der Waals surface area contributed by atoms with Gasteiger partial charge in [0.1, 0.15) is 5.82 Å². The minimum Gasteiger partial charge on any atom is -0.398 e. The van der Waals surface area contributed by atoms with E-state index in [9.17, 15) is 9.59 Å². The summed E-state index contributed by atoms with van der Waals surface area (Å²) < 4.78 is 15.1. The van der Waals surface area contributed by atoms with Crippen molar-refractivity contribution < 1.29 is 19.0 Å². The zero-order valence-electron chi connectivity index (χ0n) is 18.1. The molecule has 7 nitrogen and oxygen atoms in total. The Balaban J connectivity index is 2.02. The predicted molar refractivity (Wildman–Crippen MR) is 129 cm³/mol. The number of benzene rings is 2. The van der Waals surface area contributed by atoms with E-state index in [4.69, 9.17) is 34.7 Å². The van der Waals surface area contributed by atoms with E-state index in [-0.39, 0.29) is 34.6 Å². The monoisotopic (exact) mass is 492 g/mol. The van der Waals surface area contributed by atoms with Crippen molar-refractivity contribution in [2.75, 3.05) is 30.7 Å². The van der Waals surface area contributed by atoms with Gasteiger partial charge in [0, 0.05) is 37.0 Å². The van der Waals surface area contributed by atoms with Gasteiger partial charge in [-0.05, 0) is 42.8 Å². The zero-order chi connectivity index (χ0) is 24.3. The van der Waals surface area contributed by atoms with Gasteiger partial charge < -0.3 is 21.7 Å². The van der Waals surface area contributed by atoms with E-state index in [0.717, 1.165) is 0 Å². The van der Waals surface area contributed by atoms with Gasteiger partial charge in [0.25, 0.3) is 5.91 Å². The van der Waals surface area contributed by atoms with E-state index in [2.05, 4.69) is 16.9 Å². The zero-order valence-corrected chi connectivity index (χ0v) is 19.6. The number of hydrogen-bond acceptors (Lipinski definition) is 4. The molecule has 0 unspecified atom stereocenters. The molecule has 1 aliphatic rings. The number of halogens is 3. The van der Waals surface area contributed by atoms with Crippen molar-refractivity contribution in [3.05, 3.63) is 70.0 Å². The van der Waals surface area contributed by atoms with E-state index in [0.29, 0.717) is 35.6 Å². The van der Waals surface area contributed by atoms with Crippen LogP contribution < -0.4 is 21.8 Å². The number of likely N-dealkylation sites (tertiary alicyclic amines) is 1. The van der Waals surface area contributed by atoms with E-state index in [1.807, 2.05) is 0 Å². The molecule has 1 fully saturated rings. The molecule has 33 heavy (non-hydrogen) atoms. The topological polar surface area (TPSA) is 115 Å². The summed E-state index contributed by atoms with van der Waals surface area (Å²) in [5, 5.41) is 3.65. The number of nitrogens with zero attached hydrogens (tertiary/aromatic N) is 1. The number of rotatable bonds is 7. The number of primary amides is 1. The smallest absolute Gasteiger partial charge is 0.282 e. The van der Waals surface area contributed by atoms with Gasteiger partial charge in [0.15, 0.2) is 5.71 Å². The van der Waals surface area contributed by atoms with Crippen LogP contribution in [0.1, 0.15) is 24.5 Å². The molecule has 1 atom stereocenters. The minimum atomic E-state index is -1.04. The Bertz CT molecular complexity index is 1150. The number of anilines is 2. The summed E-state index contributed by atoms with van der Waals surface area (Å²) in [6.07, 6.45) is 1.60. The van der Waals surface area contributed by atoms with Gasteiger partial charge in [-0.2, -0.15) is 0 Å². The largest absolute Gasteiger partial charge is 0.398 e. The summed E-state index contributed by atoms with van der Waals surface area (Å²) >= 11 is 12.6. The van der Waals surface area contributed by atoms with Gasteiger partial charge in [-0.1, -0.05) is 29.8 Å². The highest BCUT2D eigenvalue weighted by Crippen LogP contribution is 2.43. The van der Waals surface area contributed by atoms with Crippen molar-refractivity contribution in [3.8, 4) is 0 Å².